The van der Waals surface area contributed by atoms with Crippen LogP contribution in [0.2, 0.25) is 0 Å². The van der Waals surface area contributed by atoms with Crippen LogP contribution in [0, 0.1) is 10.1 Å². The molecular weight excluding hydrogens is 238 g/mol. The summed E-state index contributed by atoms with van der Waals surface area (Å²) in [4.78, 5) is 20.2. The molecule has 0 aliphatic carbocycles. The van der Waals surface area contributed by atoms with Crippen molar-refractivity contribution in [1.29, 1.82) is 0 Å². The number of halogens is 1. The van der Waals surface area contributed by atoms with Crippen LogP contribution in [-0.4, -0.2) is 11.2 Å². The van der Waals surface area contributed by atoms with Gasteiger partial charge in [-0.3, -0.25) is 10.1 Å². The van der Waals surface area contributed by atoms with Crippen LogP contribution >= 0.6 is 15.9 Å². The lowest BCUT2D eigenvalue weighted by Gasteiger charge is -1.99. The molecule has 5 heteroatoms. The van der Waals surface area contributed by atoms with Crippen LogP contribution in [0.15, 0.2) is 22.7 Å². The number of aldehydes is 1. The van der Waals surface area contributed by atoms with E-state index in [0.29, 0.717) is 16.3 Å². The Morgan fingerprint density at radius 2 is 2.23 bits per heavy atom. The Morgan fingerprint density at radius 3 is 2.77 bits per heavy atom. The summed E-state index contributed by atoms with van der Waals surface area (Å²) in [7, 11) is 0. The van der Waals surface area contributed by atoms with Gasteiger partial charge in [0.2, 0.25) is 0 Å². The van der Waals surface area contributed by atoms with E-state index in [-0.39, 0.29) is 12.1 Å². The van der Waals surface area contributed by atoms with Gasteiger partial charge >= 0.3 is 0 Å². The van der Waals surface area contributed by atoms with E-state index >= 15 is 0 Å². The molecule has 0 spiro atoms. The van der Waals surface area contributed by atoms with Gasteiger partial charge in [0.25, 0.3) is 5.69 Å². The van der Waals surface area contributed by atoms with Gasteiger partial charge in [-0.05, 0) is 21.5 Å². The van der Waals surface area contributed by atoms with Gasteiger partial charge in [-0.15, -0.1) is 0 Å². The average molecular weight is 244 g/mol. The Kier molecular flexibility index (Phi) is 3.13. The zero-order valence-corrected chi connectivity index (χ0v) is 8.15. The normalized spacial score (nSPS) is 9.62. The summed E-state index contributed by atoms with van der Waals surface area (Å²) in [5.41, 5.74) is 0.614. The molecule has 0 aromatic heterocycles. The lowest BCUT2D eigenvalue weighted by molar-refractivity contribution is -0.385. The SMILES string of the molecule is O=CCc1cccc([N+](=O)[O-])c1Br. The molecule has 1 rings (SSSR count). The third-order valence-corrected chi connectivity index (χ3v) is 2.47. The first-order valence-corrected chi connectivity index (χ1v) is 4.31. The number of carbonyl (C=O) groups is 1. The molecule has 0 saturated carbocycles. The van der Waals surface area contributed by atoms with Crippen LogP contribution in [0.1, 0.15) is 5.56 Å². The predicted molar refractivity (Wildman–Crippen MR) is 50.6 cm³/mol. The number of benzene rings is 1. The molecular formula is C8H6BrNO3. The van der Waals surface area contributed by atoms with E-state index in [1.165, 1.54) is 6.07 Å². The number of hydrogen-bond donors (Lipinski definition) is 0. The Balaban J connectivity index is 3.17. The smallest absolute Gasteiger partial charge is 0.283 e. The quantitative estimate of drug-likeness (QED) is 0.464. The first-order chi connectivity index (χ1) is 6.16. The summed E-state index contributed by atoms with van der Waals surface area (Å²) in [6.45, 7) is 0. The molecule has 0 aliphatic heterocycles. The number of nitro groups is 1. The summed E-state index contributed by atoms with van der Waals surface area (Å²) in [5, 5.41) is 10.5. The van der Waals surface area contributed by atoms with Gasteiger partial charge in [0.15, 0.2) is 0 Å². The molecule has 0 aliphatic rings. The largest absolute Gasteiger partial charge is 0.303 e. The van der Waals surface area contributed by atoms with Crippen molar-refractivity contribution in [1.82, 2.24) is 0 Å². The molecule has 0 radical (unpaired) electrons. The molecule has 0 bridgehead atoms. The minimum atomic E-state index is -0.488. The second-order valence-electron chi connectivity index (χ2n) is 2.38. The van der Waals surface area contributed by atoms with Crippen molar-refractivity contribution in [3.8, 4) is 0 Å². The standard InChI is InChI=1S/C8H6BrNO3/c9-8-6(4-5-11)2-1-3-7(8)10(12)13/h1-3,5H,4H2. The number of rotatable bonds is 3. The van der Waals surface area contributed by atoms with Gasteiger partial charge in [0.1, 0.15) is 6.29 Å². The maximum absolute atomic E-state index is 10.5. The second-order valence-corrected chi connectivity index (χ2v) is 3.17. The fourth-order valence-electron chi connectivity index (χ4n) is 0.955. The van der Waals surface area contributed by atoms with Crippen LogP contribution in [0.25, 0.3) is 0 Å². The van der Waals surface area contributed by atoms with Crippen LogP contribution in [0.3, 0.4) is 0 Å². The Bertz CT molecular complexity index is 351. The maximum Gasteiger partial charge on any atom is 0.283 e. The van der Waals surface area contributed by atoms with Crippen molar-refractivity contribution in [2.24, 2.45) is 0 Å². The Morgan fingerprint density at radius 1 is 1.54 bits per heavy atom. The van der Waals surface area contributed by atoms with Crippen molar-refractivity contribution in [3.05, 3.63) is 38.3 Å². The van der Waals surface area contributed by atoms with Gasteiger partial charge in [-0.2, -0.15) is 0 Å². The Labute approximate surface area is 82.8 Å². The highest BCUT2D eigenvalue weighted by molar-refractivity contribution is 9.10. The summed E-state index contributed by atoms with van der Waals surface area (Å²) in [5.74, 6) is 0. The predicted octanol–water partition coefficient (Wildman–Crippen LogP) is 2.10. The van der Waals surface area contributed by atoms with Crippen LogP contribution in [0.5, 0.6) is 0 Å². The molecule has 0 heterocycles. The zero-order chi connectivity index (χ0) is 9.84. The van der Waals surface area contributed by atoms with Crippen LogP contribution in [-0.2, 0) is 11.2 Å². The van der Waals surface area contributed by atoms with Crippen molar-refractivity contribution < 1.29 is 9.72 Å². The number of hydrogen-bond acceptors (Lipinski definition) is 3. The molecule has 0 fully saturated rings. The van der Waals surface area contributed by atoms with Gasteiger partial charge in [0, 0.05) is 12.5 Å². The van der Waals surface area contributed by atoms with Crippen molar-refractivity contribution in [3.63, 3.8) is 0 Å². The third-order valence-electron chi connectivity index (χ3n) is 1.56. The molecule has 4 nitrogen and oxygen atoms in total. The highest BCUT2D eigenvalue weighted by atomic mass is 79.9. The lowest BCUT2D eigenvalue weighted by atomic mass is 10.1. The summed E-state index contributed by atoms with van der Waals surface area (Å²) < 4.78 is 0.382. The first kappa shape index (κ1) is 9.85. The van der Waals surface area contributed by atoms with Crippen molar-refractivity contribution in [2.45, 2.75) is 6.42 Å². The average Bonchev–Trinajstić information content (AvgIpc) is 2.08. The molecule has 1 aromatic rings. The summed E-state index contributed by atoms with van der Waals surface area (Å²) in [6, 6.07) is 4.62. The van der Waals surface area contributed by atoms with Gasteiger partial charge in [-0.25, -0.2) is 0 Å². The van der Waals surface area contributed by atoms with E-state index in [0.717, 1.165) is 0 Å². The monoisotopic (exact) mass is 243 g/mol. The molecule has 0 atom stereocenters. The molecule has 68 valence electrons. The third kappa shape index (κ3) is 2.12. The fourth-order valence-corrected chi connectivity index (χ4v) is 1.53. The molecule has 0 saturated heterocycles. The summed E-state index contributed by atoms with van der Waals surface area (Å²) in [6.07, 6.45) is 0.895. The number of nitrogens with zero attached hydrogens (tertiary/aromatic N) is 1. The highest BCUT2D eigenvalue weighted by Crippen LogP contribution is 2.27. The van der Waals surface area contributed by atoms with Gasteiger partial charge in [-0.1, -0.05) is 12.1 Å². The minimum absolute atomic E-state index is 0.0145. The highest BCUT2D eigenvalue weighted by Gasteiger charge is 2.13. The lowest BCUT2D eigenvalue weighted by Crippen LogP contribution is -1.94. The van der Waals surface area contributed by atoms with Crippen LogP contribution < -0.4 is 0 Å². The van der Waals surface area contributed by atoms with E-state index in [2.05, 4.69) is 15.9 Å². The summed E-state index contributed by atoms with van der Waals surface area (Å²) >= 11 is 3.08. The minimum Gasteiger partial charge on any atom is -0.303 e. The van der Waals surface area contributed by atoms with E-state index in [1.807, 2.05) is 0 Å². The molecule has 13 heavy (non-hydrogen) atoms. The zero-order valence-electron chi connectivity index (χ0n) is 6.57. The molecule has 0 unspecified atom stereocenters. The molecule has 0 amide bonds. The molecule has 0 N–H and O–H groups in total. The topological polar surface area (TPSA) is 60.2 Å². The van der Waals surface area contributed by atoms with Crippen LogP contribution in [0.4, 0.5) is 5.69 Å². The van der Waals surface area contributed by atoms with E-state index in [9.17, 15) is 14.9 Å². The first-order valence-electron chi connectivity index (χ1n) is 3.52. The maximum atomic E-state index is 10.5. The van der Waals surface area contributed by atoms with Crippen molar-refractivity contribution in [2.75, 3.05) is 0 Å². The van der Waals surface area contributed by atoms with Crippen molar-refractivity contribution >= 4 is 27.9 Å². The van der Waals surface area contributed by atoms with E-state index in [1.54, 1.807) is 12.1 Å². The van der Waals surface area contributed by atoms with E-state index < -0.39 is 4.92 Å². The van der Waals surface area contributed by atoms with Gasteiger partial charge < -0.3 is 4.79 Å². The number of carbonyl (C=O) groups excluding carboxylic acids is 1. The molecule has 1 aromatic carbocycles. The Hall–Kier alpha value is -1.23. The number of nitro benzene ring substituents is 1. The fraction of sp³-hybridized carbons (Fsp3) is 0.125. The van der Waals surface area contributed by atoms with E-state index in [4.69, 9.17) is 0 Å². The second kappa shape index (κ2) is 4.13. The van der Waals surface area contributed by atoms with Gasteiger partial charge in [0.05, 0.1) is 9.40 Å².